The van der Waals surface area contributed by atoms with Crippen molar-refractivity contribution >= 4 is 11.8 Å². The topological polar surface area (TPSA) is 95.5 Å². The molecule has 1 N–H and O–H groups in total. The van der Waals surface area contributed by atoms with Gasteiger partial charge in [0.1, 0.15) is 6.54 Å². The summed E-state index contributed by atoms with van der Waals surface area (Å²) in [5.41, 5.74) is 0.535. The van der Waals surface area contributed by atoms with Crippen LogP contribution < -0.4 is 11.2 Å². The molecule has 3 rings (SSSR count). The standard InChI is InChI=1S/C20H28N4O4/c1-14(2)4-7-23-13-20(10-16(23)25)5-8-22(9-6-20)17(26)12-24-11-15(3)18(27)21-19(24)28/h4,11H,5-10,12-13H2,1-3H3,(H,21,27,28). The summed E-state index contributed by atoms with van der Waals surface area (Å²) in [5, 5.41) is 0. The molecule has 0 atom stereocenters. The van der Waals surface area contributed by atoms with Gasteiger partial charge in [0.25, 0.3) is 5.56 Å². The van der Waals surface area contributed by atoms with Gasteiger partial charge in [0, 0.05) is 49.8 Å². The first-order valence-corrected chi connectivity index (χ1v) is 9.68. The minimum atomic E-state index is -0.575. The van der Waals surface area contributed by atoms with Gasteiger partial charge in [-0.25, -0.2) is 4.79 Å². The van der Waals surface area contributed by atoms with Gasteiger partial charge in [-0.1, -0.05) is 11.6 Å². The summed E-state index contributed by atoms with van der Waals surface area (Å²) in [7, 11) is 0. The molecule has 2 amide bonds. The Balaban J connectivity index is 1.60. The number of nitrogens with one attached hydrogen (secondary N) is 1. The van der Waals surface area contributed by atoms with Crippen molar-refractivity contribution in [1.82, 2.24) is 19.4 Å². The van der Waals surface area contributed by atoms with Crippen LogP contribution in [0, 0.1) is 12.3 Å². The number of carbonyl (C=O) groups is 2. The molecule has 2 fully saturated rings. The summed E-state index contributed by atoms with van der Waals surface area (Å²) >= 11 is 0. The van der Waals surface area contributed by atoms with Crippen molar-refractivity contribution in [3.63, 3.8) is 0 Å². The third kappa shape index (κ3) is 4.26. The van der Waals surface area contributed by atoms with Crippen LogP contribution >= 0.6 is 0 Å². The Kier molecular flexibility index (Phi) is 5.58. The van der Waals surface area contributed by atoms with Crippen LogP contribution in [0.15, 0.2) is 27.4 Å². The maximum Gasteiger partial charge on any atom is 0.328 e. The van der Waals surface area contributed by atoms with Gasteiger partial charge >= 0.3 is 5.69 Å². The van der Waals surface area contributed by atoms with E-state index in [2.05, 4.69) is 11.1 Å². The fourth-order valence-electron chi connectivity index (χ4n) is 3.99. The maximum absolute atomic E-state index is 12.6. The van der Waals surface area contributed by atoms with Crippen molar-refractivity contribution in [2.24, 2.45) is 5.41 Å². The van der Waals surface area contributed by atoms with Crippen LogP contribution in [0.1, 0.15) is 38.7 Å². The van der Waals surface area contributed by atoms with Gasteiger partial charge in [0.15, 0.2) is 0 Å². The predicted octanol–water partition coefficient (Wildman–Crippen LogP) is 0.652. The Morgan fingerprint density at radius 1 is 1.21 bits per heavy atom. The van der Waals surface area contributed by atoms with E-state index in [4.69, 9.17) is 0 Å². The first-order valence-electron chi connectivity index (χ1n) is 9.68. The van der Waals surface area contributed by atoms with Crippen molar-refractivity contribution < 1.29 is 9.59 Å². The number of hydrogen-bond acceptors (Lipinski definition) is 4. The first kappa shape index (κ1) is 20.1. The van der Waals surface area contributed by atoms with Crippen LogP contribution in [0.4, 0.5) is 0 Å². The second-order valence-corrected chi connectivity index (χ2v) is 8.31. The van der Waals surface area contributed by atoms with E-state index in [1.807, 2.05) is 18.7 Å². The molecular formula is C20H28N4O4. The highest BCUT2D eigenvalue weighted by Gasteiger charge is 2.45. The van der Waals surface area contributed by atoms with E-state index in [-0.39, 0.29) is 23.8 Å². The summed E-state index contributed by atoms with van der Waals surface area (Å²) < 4.78 is 1.24. The molecule has 28 heavy (non-hydrogen) atoms. The van der Waals surface area contributed by atoms with E-state index < -0.39 is 11.2 Å². The Morgan fingerprint density at radius 3 is 2.54 bits per heavy atom. The van der Waals surface area contributed by atoms with Gasteiger partial charge in [-0.05, 0) is 33.6 Å². The first-order chi connectivity index (χ1) is 13.2. The molecule has 2 aliphatic rings. The molecule has 1 aromatic heterocycles. The zero-order valence-electron chi connectivity index (χ0n) is 16.8. The van der Waals surface area contributed by atoms with Crippen LogP contribution in [-0.4, -0.2) is 57.3 Å². The van der Waals surface area contributed by atoms with Crippen molar-refractivity contribution in [2.75, 3.05) is 26.2 Å². The van der Waals surface area contributed by atoms with Gasteiger partial charge < -0.3 is 9.80 Å². The number of allylic oxidation sites excluding steroid dienone is 1. The van der Waals surface area contributed by atoms with Gasteiger partial charge in [-0.3, -0.25) is 23.9 Å². The minimum Gasteiger partial charge on any atom is -0.341 e. The van der Waals surface area contributed by atoms with Crippen LogP contribution in [0.5, 0.6) is 0 Å². The average Bonchev–Trinajstić information content (AvgIpc) is 2.93. The maximum atomic E-state index is 12.6. The van der Waals surface area contributed by atoms with Crippen LogP contribution in [0.25, 0.3) is 0 Å². The molecule has 1 aromatic rings. The molecule has 3 heterocycles. The molecule has 0 aromatic carbocycles. The van der Waals surface area contributed by atoms with E-state index in [0.717, 1.165) is 19.4 Å². The fourth-order valence-corrected chi connectivity index (χ4v) is 3.99. The van der Waals surface area contributed by atoms with Gasteiger partial charge in [-0.15, -0.1) is 0 Å². The normalized spacial score (nSPS) is 18.6. The quantitative estimate of drug-likeness (QED) is 0.766. The number of rotatable bonds is 4. The lowest BCUT2D eigenvalue weighted by atomic mass is 9.77. The van der Waals surface area contributed by atoms with Crippen LogP contribution in [0.3, 0.4) is 0 Å². The number of nitrogens with zero attached hydrogens (tertiary/aromatic N) is 3. The third-order valence-corrected chi connectivity index (χ3v) is 5.80. The van der Waals surface area contributed by atoms with Gasteiger partial charge in [0.2, 0.25) is 11.8 Å². The Hall–Kier alpha value is -2.64. The molecule has 8 heteroatoms. The molecular weight excluding hydrogens is 360 g/mol. The number of amides is 2. The van der Waals surface area contributed by atoms with Crippen LogP contribution in [-0.2, 0) is 16.1 Å². The van der Waals surface area contributed by atoms with Crippen molar-refractivity contribution in [3.05, 3.63) is 44.2 Å². The number of aromatic nitrogens is 2. The van der Waals surface area contributed by atoms with Gasteiger partial charge in [-0.2, -0.15) is 0 Å². The lowest BCUT2D eigenvalue weighted by Gasteiger charge is -2.38. The zero-order chi connectivity index (χ0) is 20.5. The largest absolute Gasteiger partial charge is 0.341 e. The van der Waals surface area contributed by atoms with Crippen molar-refractivity contribution in [2.45, 2.75) is 46.6 Å². The lowest BCUT2D eigenvalue weighted by molar-refractivity contribution is -0.134. The number of H-pyrrole nitrogens is 1. The minimum absolute atomic E-state index is 0.0469. The lowest BCUT2D eigenvalue weighted by Crippen LogP contribution is -2.46. The molecule has 1 spiro atoms. The summed E-state index contributed by atoms with van der Waals surface area (Å²) in [6.07, 6.45) is 5.61. The summed E-state index contributed by atoms with van der Waals surface area (Å²) in [5.74, 6) is 0.0432. The van der Waals surface area contributed by atoms with E-state index in [1.165, 1.54) is 16.3 Å². The van der Waals surface area contributed by atoms with Crippen LogP contribution in [0.2, 0.25) is 0 Å². The molecule has 0 aliphatic carbocycles. The Bertz CT molecular complexity index is 915. The number of likely N-dealkylation sites (tertiary alicyclic amines) is 2. The van der Waals surface area contributed by atoms with Gasteiger partial charge in [0.05, 0.1) is 0 Å². The van der Waals surface area contributed by atoms with E-state index in [0.29, 0.717) is 31.6 Å². The highest BCUT2D eigenvalue weighted by atomic mass is 16.2. The zero-order valence-corrected chi connectivity index (χ0v) is 16.8. The smallest absolute Gasteiger partial charge is 0.328 e. The summed E-state index contributed by atoms with van der Waals surface area (Å²) in [6.45, 7) is 8.12. The molecule has 0 unspecified atom stereocenters. The highest BCUT2D eigenvalue weighted by Crippen LogP contribution is 2.41. The monoisotopic (exact) mass is 388 g/mol. The highest BCUT2D eigenvalue weighted by molar-refractivity contribution is 5.80. The SMILES string of the molecule is CC(C)=CCN1CC2(CCN(C(=O)Cn3cc(C)c(=O)[nH]c3=O)CC2)CC1=O. The molecule has 152 valence electrons. The number of hydrogen-bond donors (Lipinski definition) is 1. The second-order valence-electron chi connectivity index (χ2n) is 8.31. The van der Waals surface area contributed by atoms with E-state index in [9.17, 15) is 19.2 Å². The average molecular weight is 388 g/mol. The number of piperidine rings is 1. The molecule has 0 bridgehead atoms. The number of aryl methyl sites for hydroxylation is 1. The number of aromatic amines is 1. The van der Waals surface area contributed by atoms with E-state index >= 15 is 0 Å². The predicted molar refractivity (Wildman–Crippen MR) is 105 cm³/mol. The molecule has 0 saturated carbocycles. The molecule has 2 saturated heterocycles. The summed E-state index contributed by atoms with van der Waals surface area (Å²) in [4.78, 5) is 54.2. The molecule has 2 aliphatic heterocycles. The Labute approximate surface area is 163 Å². The fraction of sp³-hybridized carbons (Fsp3) is 0.600. The Morgan fingerprint density at radius 2 is 1.89 bits per heavy atom. The third-order valence-electron chi connectivity index (χ3n) is 5.80. The second kappa shape index (κ2) is 7.77. The number of carbonyl (C=O) groups excluding carboxylic acids is 2. The summed E-state index contributed by atoms with van der Waals surface area (Å²) in [6, 6.07) is 0. The van der Waals surface area contributed by atoms with Crippen molar-refractivity contribution in [1.29, 1.82) is 0 Å². The van der Waals surface area contributed by atoms with E-state index in [1.54, 1.807) is 11.8 Å². The molecule has 0 radical (unpaired) electrons. The molecule has 8 nitrogen and oxygen atoms in total. The van der Waals surface area contributed by atoms with Crippen molar-refractivity contribution in [3.8, 4) is 0 Å².